The molecule has 90 valence electrons. The molecule has 0 aliphatic heterocycles. The van der Waals surface area contributed by atoms with Crippen LogP contribution in [0.1, 0.15) is 31.9 Å². The summed E-state index contributed by atoms with van der Waals surface area (Å²) in [5.74, 6) is 0.255. The van der Waals surface area contributed by atoms with Gasteiger partial charge in [0.2, 0.25) is 0 Å². The van der Waals surface area contributed by atoms with Crippen molar-refractivity contribution in [2.75, 3.05) is 6.54 Å². The molecule has 0 amide bonds. The lowest BCUT2D eigenvalue weighted by atomic mass is 10.0. The number of hydrogen-bond donors (Lipinski definition) is 1. The fourth-order valence-electron chi connectivity index (χ4n) is 1.69. The SMILES string of the molecule is CCNC(CC)c1ccccc1OC(F)F. The summed E-state index contributed by atoms with van der Waals surface area (Å²) in [4.78, 5) is 0. The largest absolute Gasteiger partial charge is 0.434 e. The zero-order valence-electron chi connectivity index (χ0n) is 9.54. The van der Waals surface area contributed by atoms with E-state index < -0.39 is 6.61 Å². The van der Waals surface area contributed by atoms with Crippen LogP contribution in [-0.2, 0) is 0 Å². The topological polar surface area (TPSA) is 21.3 Å². The number of rotatable bonds is 6. The molecule has 0 saturated carbocycles. The molecular formula is C12H17F2NO. The first-order valence-corrected chi connectivity index (χ1v) is 5.46. The van der Waals surface area contributed by atoms with Gasteiger partial charge < -0.3 is 10.1 Å². The number of nitrogens with one attached hydrogen (secondary N) is 1. The highest BCUT2D eigenvalue weighted by Gasteiger charge is 2.15. The second kappa shape index (κ2) is 6.43. The van der Waals surface area contributed by atoms with Gasteiger partial charge in [0.25, 0.3) is 0 Å². The highest BCUT2D eigenvalue weighted by molar-refractivity contribution is 5.35. The standard InChI is InChI=1S/C12H17F2NO/c1-3-10(15-4-2)9-7-5-6-8-11(9)16-12(13)14/h5-8,10,12,15H,3-4H2,1-2H3. The number of para-hydroxylation sites is 1. The van der Waals surface area contributed by atoms with Gasteiger partial charge in [-0.2, -0.15) is 8.78 Å². The summed E-state index contributed by atoms with van der Waals surface area (Å²) in [7, 11) is 0. The van der Waals surface area contributed by atoms with Crippen LogP contribution < -0.4 is 10.1 Å². The Labute approximate surface area is 94.6 Å². The Bertz CT molecular complexity index is 318. The first-order valence-electron chi connectivity index (χ1n) is 5.46. The lowest BCUT2D eigenvalue weighted by Gasteiger charge is -2.19. The Morgan fingerprint density at radius 3 is 2.50 bits per heavy atom. The molecular weight excluding hydrogens is 212 g/mol. The predicted molar refractivity (Wildman–Crippen MR) is 59.8 cm³/mol. The van der Waals surface area contributed by atoms with Gasteiger partial charge in [0.05, 0.1) is 0 Å². The van der Waals surface area contributed by atoms with Gasteiger partial charge >= 0.3 is 6.61 Å². The van der Waals surface area contributed by atoms with Gasteiger partial charge in [-0.3, -0.25) is 0 Å². The van der Waals surface area contributed by atoms with E-state index in [0.29, 0.717) is 0 Å². The van der Waals surface area contributed by atoms with E-state index in [-0.39, 0.29) is 11.8 Å². The smallest absolute Gasteiger partial charge is 0.387 e. The monoisotopic (exact) mass is 229 g/mol. The van der Waals surface area contributed by atoms with Crippen molar-refractivity contribution in [2.45, 2.75) is 32.9 Å². The lowest BCUT2D eigenvalue weighted by Crippen LogP contribution is -2.21. The van der Waals surface area contributed by atoms with E-state index in [1.165, 1.54) is 0 Å². The quantitative estimate of drug-likeness (QED) is 0.807. The molecule has 0 aliphatic rings. The molecule has 16 heavy (non-hydrogen) atoms. The van der Waals surface area contributed by atoms with Gasteiger partial charge in [0, 0.05) is 11.6 Å². The molecule has 0 radical (unpaired) electrons. The van der Waals surface area contributed by atoms with Crippen LogP contribution in [0.5, 0.6) is 5.75 Å². The molecule has 1 atom stereocenters. The third kappa shape index (κ3) is 3.45. The van der Waals surface area contributed by atoms with Crippen LogP contribution in [-0.4, -0.2) is 13.2 Å². The van der Waals surface area contributed by atoms with E-state index in [4.69, 9.17) is 0 Å². The van der Waals surface area contributed by atoms with Gasteiger partial charge in [-0.1, -0.05) is 32.0 Å². The molecule has 0 spiro atoms. The number of ether oxygens (including phenoxy) is 1. The molecule has 1 N–H and O–H groups in total. The Kier molecular flexibility index (Phi) is 5.19. The lowest BCUT2D eigenvalue weighted by molar-refractivity contribution is -0.0507. The molecule has 0 fully saturated rings. The molecule has 0 aliphatic carbocycles. The molecule has 4 heteroatoms. The van der Waals surface area contributed by atoms with Crippen molar-refractivity contribution in [1.29, 1.82) is 0 Å². The van der Waals surface area contributed by atoms with Crippen molar-refractivity contribution in [1.82, 2.24) is 5.32 Å². The maximum atomic E-state index is 12.2. The van der Waals surface area contributed by atoms with Crippen LogP contribution in [0.15, 0.2) is 24.3 Å². The summed E-state index contributed by atoms with van der Waals surface area (Å²) < 4.78 is 28.9. The second-order valence-electron chi connectivity index (χ2n) is 3.43. The molecule has 0 heterocycles. The number of hydrogen-bond acceptors (Lipinski definition) is 2. The Morgan fingerprint density at radius 1 is 1.25 bits per heavy atom. The third-order valence-electron chi connectivity index (χ3n) is 2.37. The normalized spacial score (nSPS) is 12.8. The fourth-order valence-corrected chi connectivity index (χ4v) is 1.69. The Balaban J connectivity index is 2.91. The minimum Gasteiger partial charge on any atom is -0.434 e. The summed E-state index contributed by atoms with van der Waals surface area (Å²) in [6.07, 6.45) is 0.831. The zero-order chi connectivity index (χ0) is 12.0. The van der Waals surface area contributed by atoms with Gasteiger partial charge in [0.15, 0.2) is 0 Å². The minimum atomic E-state index is -2.78. The van der Waals surface area contributed by atoms with E-state index in [1.807, 2.05) is 26.0 Å². The summed E-state index contributed by atoms with van der Waals surface area (Å²) in [6, 6.07) is 6.96. The molecule has 0 bridgehead atoms. The van der Waals surface area contributed by atoms with Crippen LogP contribution in [0.2, 0.25) is 0 Å². The molecule has 1 aromatic rings. The van der Waals surface area contributed by atoms with Crippen LogP contribution in [0, 0.1) is 0 Å². The van der Waals surface area contributed by atoms with Crippen LogP contribution in [0.25, 0.3) is 0 Å². The number of halogens is 2. The van der Waals surface area contributed by atoms with Crippen molar-refractivity contribution in [2.24, 2.45) is 0 Å². The highest BCUT2D eigenvalue weighted by Crippen LogP contribution is 2.28. The molecule has 2 nitrogen and oxygen atoms in total. The summed E-state index contributed by atoms with van der Waals surface area (Å²) in [5, 5.41) is 3.24. The maximum absolute atomic E-state index is 12.2. The van der Waals surface area contributed by atoms with E-state index in [9.17, 15) is 8.78 Å². The van der Waals surface area contributed by atoms with E-state index in [2.05, 4.69) is 10.1 Å². The first kappa shape index (κ1) is 12.9. The van der Waals surface area contributed by atoms with Gasteiger partial charge in [0.1, 0.15) is 5.75 Å². The maximum Gasteiger partial charge on any atom is 0.387 e. The molecule has 0 saturated heterocycles. The minimum absolute atomic E-state index is 0.0555. The second-order valence-corrected chi connectivity index (χ2v) is 3.43. The fraction of sp³-hybridized carbons (Fsp3) is 0.500. The van der Waals surface area contributed by atoms with E-state index in [1.54, 1.807) is 12.1 Å². The third-order valence-corrected chi connectivity index (χ3v) is 2.37. The first-order chi connectivity index (χ1) is 7.69. The predicted octanol–water partition coefficient (Wildman–Crippen LogP) is 3.35. The van der Waals surface area contributed by atoms with Crippen molar-refractivity contribution >= 4 is 0 Å². The Morgan fingerprint density at radius 2 is 1.94 bits per heavy atom. The average molecular weight is 229 g/mol. The van der Waals surface area contributed by atoms with E-state index >= 15 is 0 Å². The summed E-state index contributed by atoms with van der Waals surface area (Å²) in [5.41, 5.74) is 0.784. The van der Waals surface area contributed by atoms with Crippen LogP contribution in [0.4, 0.5) is 8.78 Å². The Hall–Kier alpha value is -1.16. The van der Waals surface area contributed by atoms with Crippen molar-refractivity contribution in [3.05, 3.63) is 29.8 Å². The molecule has 1 unspecified atom stereocenters. The molecule has 0 aromatic heterocycles. The van der Waals surface area contributed by atoms with Crippen molar-refractivity contribution in [3.8, 4) is 5.75 Å². The number of benzene rings is 1. The summed E-state index contributed by atoms with van der Waals surface area (Å²) in [6.45, 7) is 2.01. The van der Waals surface area contributed by atoms with Crippen LogP contribution in [0.3, 0.4) is 0 Å². The summed E-state index contributed by atoms with van der Waals surface area (Å²) >= 11 is 0. The van der Waals surface area contributed by atoms with Gasteiger partial charge in [-0.05, 0) is 19.0 Å². The number of alkyl halides is 2. The van der Waals surface area contributed by atoms with Gasteiger partial charge in [-0.25, -0.2) is 0 Å². The average Bonchev–Trinajstić information content (AvgIpc) is 2.26. The zero-order valence-corrected chi connectivity index (χ0v) is 9.54. The van der Waals surface area contributed by atoms with Crippen molar-refractivity contribution < 1.29 is 13.5 Å². The molecule has 1 rings (SSSR count). The highest BCUT2D eigenvalue weighted by atomic mass is 19.3. The molecule has 1 aromatic carbocycles. The van der Waals surface area contributed by atoms with Gasteiger partial charge in [-0.15, -0.1) is 0 Å². The van der Waals surface area contributed by atoms with E-state index in [0.717, 1.165) is 18.5 Å². The van der Waals surface area contributed by atoms with Crippen LogP contribution >= 0.6 is 0 Å². The van der Waals surface area contributed by atoms with Crippen molar-refractivity contribution in [3.63, 3.8) is 0 Å².